The van der Waals surface area contributed by atoms with Crippen molar-refractivity contribution in [1.82, 2.24) is 0 Å². The zero-order chi connectivity index (χ0) is 17.9. The topological polar surface area (TPSA) is 104 Å². The van der Waals surface area contributed by atoms with Gasteiger partial charge in [0.25, 0.3) is 0 Å². The molecule has 8 heteroatoms. The molecule has 6 nitrogen and oxygen atoms in total. The Morgan fingerprint density at radius 3 is 2.25 bits per heavy atom. The number of Topliss-reactive ketones (excluding diaryl/α,β-unsaturated/α-hetero) is 1. The maximum absolute atomic E-state index is 12.2. The Morgan fingerprint density at radius 1 is 1.08 bits per heavy atom. The number of nitrogens with two attached hydrogens (primary N) is 1. The smallest absolute Gasteiger partial charge is 0.338 e. The number of ketones is 1. The molecule has 0 saturated heterocycles. The average molecular weight is 368 g/mol. The van der Waals surface area contributed by atoms with Crippen LogP contribution < -0.4 is 5.14 Å². The summed E-state index contributed by atoms with van der Waals surface area (Å²) in [5.74, 6) is -1.15. The molecule has 126 valence electrons. The summed E-state index contributed by atoms with van der Waals surface area (Å²) < 4.78 is 27.4. The van der Waals surface area contributed by atoms with Crippen molar-refractivity contribution >= 4 is 33.4 Å². The second-order valence-electron chi connectivity index (χ2n) is 4.99. The van der Waals surface area contributed by atoms with Crippen LogP contribution in [0.25, 0.3) is 0 Å². The van der Waals surface area contributed by atoms with Gasteiger partial charge in [0.1, 0.15) is 0 Å². The van der Waals surface area contributed by atoms with Crippen LogP contribution in [0, 0.1) is 0 Å². The van der Waals surface area contributed by atoms with E-state index in [1.165, 1.54) is 37.3 Å². The Hall–Kier alpha value is -2.22. The highest BCUT2D eigenvalue weighted by atomic mass is 35.5. The standard InChI is InChI=1S/C16H14ClNO5S/c1-10(15(19)12-3-2-4-13(17)9-12)23-16(20)11-5-7-14(8-6-11)24(18,21)22/h2-10H,1H3,(H2,18,21,22)/t10-/m1/s1. The molecule has 0 aromatic heterocycles. The molecule has 2 N–H and O–H groups in total. The lowest BCUT2D eigenvalue weighted by molar-refractivity contribution is 0.0318. The molecule has 0 aliphatic carbocycles. The molecule has 0 saturated carbocycles. The minimum Gasteiger partial charge on any atom is -0.451 e. The number of benzene rings is 2. The van der Waals surface area contributed by atoms with Crippen molar-refractivity contribution in [3.8, 4) is 0 Å². The van der Waals surface area contributed by atoms with Crippen LogP contribution in [0.5, 0.6) is 0 Å². The third kappa shape index (κ3) is 4.41. The number of ether oxygens (including phenoxy) is 1. The van der Waals surface area contributed by atoms with E-state index in [4.69, 9.17) is 21.5 Å². The number of hydrogen-bond acceptors (Lipinski definition) is 5. The lowest BCUT2D eigenvalue weighted by atomic mass is 10.1. The van der Waals surface area contributed by atoms with Crippen LogP contribution in [0.3, 0.4) is 0 Å². The normalized spacial score (nSPS) is 12.5. The van der Waals surface area contributed by atoms with E-state index in [-0.39, 0.29) is 10.5 Å². The van der Waals surface area contributed by atoms with Gasteiger partial charge < -0.3 is 4.74 Å². The van der Waals surface area contributed by atoms with Crippen LogP contribution in [-0.4, -0.2) is 26.3 Å². The van der Waals surface area contributed by atoms with Gasteiger partial charge in [-0.15, -0.1) is 0 Å². The molecule has 0 amide bonds. The van der Waals surface area contributed by atoms with Crippen LogP contribution in [0.15, 0.2) is 53.4 Å². The first-order valence-corrected chi connectivity index (χ1v) is 8.74. The molecule has 0 aliphatic rings. The molecule has 2 aromatic rings. The lowest BCUT2D eigenvalue weighted by Crippen LogP contribution is -2.24. The van der Waals surface area contributed by atoms with E-state index >= 15 is 0 Å². The van der Waals surface area contributed by atoms with Crippen molar-refractivity contribution in [1.29, 1.82) is 0 Å². The molecule has 0 aliphatic heterocycles. The third-order valence-corrected chi connectivity index (χ3v) is 4.35. The summed E-state index contributed by atoms with van der Waals surface area (Å²) in [5.41, 5.74) is 0.431. The summed E-state index contributed by atoms with van der Waals surface area (Å²) in [6, 6.07) is 11.2. The van der Waals surface area contributed by atoms with Gasteiger partial charge in [-0.05, 0) is 43.3 Å². The SMILES string of the molecule is C[C@@H](OC(=O)c1ccc(S(N)(=O)=O)cc1)C(=O)c1cccc(Cl)c1. The monoisotopic (exact) mass is 367 g/mol. The Morgan fingerprint density at radius 2 is 1.71 bits per heavy atom. The first kappa shape index (κ1) is 18.1. The molecule has 0 unspecified atom stereocenters. The van der Waals surface area contributed by atoms with E-state index in [2.05, 4.69) is 0 Å². The summed E-state index contributed by atoms with van der Waals surface area (Å²) in [4.78, 5) is 24.1. The van der Waals surface area contributed by atoms with Gasteiger partial charge in [0, 0.05) is 10.6 Å². The van der Waals surface area contributed by atoms with Crippen molar-refractivity contribution in [3.63, 3.8) is 0 Å². The maximum Gasteiger partial charge on any atom is 0.338 e. The van der Waals surface area contributed by atoms with E-state index in [0.717, 1.165) is 0 Å². The molecule has 2 rings (SSSR count). The van der Waals surface area contributed by atoms with Crippen LogP contribution in [0.1, 0.15) is 27.6 Å². The number of carbonyl (C=O) groups is 2. The molecule has 0 bridgehead atoms. The highest BCUT2D eigenvalue weighted by Gasteiger charge is 2.21. The summed E-state index contributed by atoms with van der Waals surface area (Å²) in [6.45, 7) is 1.44. The molecule has 0 spiro atoms. The number of sulfonamides is 1. The average Bonchev–Trinajstić information content (AvgIpc) is 2.53. The Kier molecular flexibility index (Phi) is 5.38. The number of esters is 1. The highest BCUT2D eigenvalue weighted by Crippen LogP contribution is 2.15. The van der Waals surface area contributed by atoms with Gasteiger partial charge in [-0.1, -0.05) is 23.7 Å². The second-order valence-corrected chi connectivity index (χ2v) is 6.99. The van der Waals surface area contributed by atoms with E-state index < -0.39 is 27.9 Å². The van der Waals surface area contributed by atoms with Crippen molar-refractivity contribution in [3.05, 3.63) is 64.7 Å². The molecule has 1 atom stereocenters. The van der Waals surface area contributed by atoms with Crippen molar-refractivity contribution in [2.45, 2.75) is 17.9 Å². The van der Waals surface area contributed by atoms with Crippen LogP contribution in [0.2, 0.25) is 5.02 Å². The Bertz CT molecular complexity index is 878. The fourth-order valence-corrected chi connectivity index (χ4v) is 2.64. The first-order chi connectivity index (χ1) is 11.2. The van der Waals surface area contributed by atoms with E-state index in [9.17, 15) is 18.0 Å². The predicted octanol–water partition coefficient (Wildman–Crippen LogP) is 2.42. The van der Waals surface area contributed by atoms with Crippen molar-refractivity contribution in [2.24, 2.45) is 5.14 Å². The second kappa shape index (κ2) is 7.12. The molecule has 0 fully saturated rings. The molecular weight excluding hydrogens is 354 g/mol. The summed E-state index contributed by atoms with van der Waals surface area (Å²) in [6.07, 6.45) is -1.02. The van der Waals surface area contributed by atoms with Crippen molar-refractivity contribution in [2.75, 3.05) is 0 Å². The molecule has 0 heterocycles. The zero-order valence-electron chi connectivity index (χ0n) is 12.6. The minimum atomic E-state index is -3.84. The van der Waals surface area contributed by atoms with Gasteiger partial charge in [-0.2, -0.15) is 0 Å². The summed E-state index contributed by atoms with van der Waals surface area (Å²) >= 11 is 5.83. The van der Waals surface area contributed by atoms with Gasteiger partial charge in [0.05, 0.1) is 10.5 Å². The quantitative estimate of drug-likeness (QED) is 0.645. The maximum atomic E-state index is 12.2. The molecule has 24 heavy (non-hydrogen) atoms. The fourth-order valence-electron chi connectivity index (χ4n) is 1.94. The van der Waals surface area contributed by atoms with E-state index in [1.54, 1.807) is 18.2 Å². The lowest BCUT2D eigenvalue weighted by Gasteiger charge is -2.12. The molecular formula is C16H14ClNO5S. The largest absolute Gasteiger partial charge is 0.451 e. The number of hydrogen-bond donors (Lipinski definition) is 1. The number of rotatable bonds is 5. The molecule has 0 radical (unpaired) electrons. The zero-order valence-corrected chi connectivity index (χ0v) is 14.2. The Labute approximate surface area is 144 Å². The summed E-state index contributed by atoms with van der Waals surface area (Å²) in [7, 11) is -3.84. The third-order valence-electron chi connectivity index (χ3n) is 3.18. The summed E-state index contributed by atoms with van der Waals surface area (Å²) in [5, 5.41) is 5.38. The predicted molar refractivity (Wildman–Crippen MR) is 88.5 cm³/mol. The Balaban J connectivity index is 2.10. The van der Waals surface area contributed by atoms with Crippen molar-refractivity contribution < 1.29 is 22.7 Å². The number of primary sulfonamides is 1. The number of carbonyl (C=O) groups excluding carboxylic acids is 2. The van der Waals surface area contributed by atoms with Gasteiger partial charge in [0.2, 0.25) is 15.8 Å². The number of halogens is 1. The minimum absolute atomic E-state index is 0.105. The van der Waals surface area contributed by atoms with E-state index in [0.29, 0.717) is 10.6 Å². The van der Waals surface area contributed by atoms with Crippen LogP contribution in [-0.2, 0) is 14.8 Å². The fraction of sp³-hybridized carbons (Fsp3) is 0.125. The van der Waals surface area contributed by atoms with Crippen LogP contribution in [0.4, 0.5) is 0 Å². The van der Waals surface area contributed by atoms with Gasteiger partial charge >= 0.3 is 5.97 Å². The van der Waals surface area contributed by atoms with Crippen LogP contribution >= 0.6 is 11.6 Å². The van der Waals surface area contributed by atoms with Gasteiger partial charge in [-0.25, -0.2) is 18.4 Å². The van der Waals surface area contributed by atoms with Gasteiger partial charge in [-0.3, -0.25) is 4.79 Å². The highest BCUT2D eigenvalue weighted by molar-refractivity contribution is 7.89. The first-order valence-electron chi connectivity index (χ1n) is 6.82. The van der Waals surface area contributed by atoms with Gasteiger partial charge in [0.15, 0.2) is 6.10 Å². The van der Waals surface area contributed by atoms with E-state index in [1.807, 2.05) is 0 Å². The molecule has 2 aromatic carbocycles.